The first-order valence-electron chi connectivity index (χ1n) is 7.46. The molecule has 6 heteroatoms. The summed E-state index contributed by atoms with van der Waals surface area (Å²) in [5, 5.41) is 11.1. The van der Waals surface area contributed by atoms with Crippen LogP contribution in [0.1, 0.15) is 30.5 Å². The average molecular weight is 320 g/mol. The van der Waals surface area contributed by atoms with Gasteiger partial charge in [-0.2, -0.15) is 0 Å². The van der Waals surface area contributed by atoms with Gasteiger partial charge in [0.2, 0.25) is 0 Å². The summed E-state index contributed by atoms with van der Waals surface area (Å²) in [4.78, 5) is 3.98. The smallest absolute Gasteiger partial charge is 0.145 e. The Morgan fingerprint density at radius 1 is 1.22 bits per heavy atom. The number of nitrogens with zero attached hydrogens (tertiary/aromatic N) is 1. The van der Waals surface area contributed by atoms with Crippen molar-refractivity contribution < 1.29 is 18.3 Å². The molecule has 0 aliphatic carbocycles. The monoisotopic (exact) mass is 320 g/mol. The Labute approximate surface area is 134 Å². The van der Waals surface area contributed by atoms with Crippen molar-refractivity contribution >= 4 is 7.28 Å². The first-order chi connectivity index (χ1) is 10.9. The molecular formula is C17H18BF3NO. The van der Waals surface area contributed by atoms with Crippen molar-refractivity contribution in [1.29, 1.82) is 0 Å². The maximum absolute atomic E-state index is 14.2. The van der Waals surface area contributed by atoms with E-state index in [2.05, 4.69) is 4.98 Å². The molecule has 0 amide bonds. The van der Waals surface area contributed by atoms with Crippen LogP contribution >= 0.6 is 0 Å². The number of halogens is 3. The first kappa shape index (κ1) is 17.5. The number of hydrogen-bond acceptors (Lipinski definition) is 2. The molecule has 0 aliphatic rings. The summed E-state index contributed by atoms with van der Waals surface area (Å²) in [5.74, 6) is -2.95. The molecule has 2 aromatic rings. The van der Waals surface area contributed by atoms with Crippen LogP contribution in [0.4, 0.5) is 13.2 Å². The zero-order chi connectivity index (χ0) is 17.0. The van der Waals surface area contributed by atoms with Crippen LogP contribution in [0.15, 0.2) is 36.5 Å². The molecule has 0 spiro atoms. The van der Waals surface area contributed by atoms with Crippen LogP contribution < -0.4 is 0 Å². The predicted molar refractivity (Wildman–Crippen MR) is 83.9 cm³/mol. The second-order valence-corrected chi connectivity index (χ2v) is 5.59. The molecule has 0 aliphatic heterocycles. The maximum Gasteiger partial charge on any atom is 0.145 e. The molecule has 121 valence electrons. The van der Waals surface area contributed by atoms with Gasteiger partial charge >= 0.3 is 0 Å². The third-order valence-electron chi connectivity index (χ3n) is 4.13. The Morgan fingerprint density at radius 3 is 2.57 bits per heavy atom. The lowest BCUT2D eigenvalue weighted by atomic mass is 9.68. The fourth-order valence-electron chi connectivity index (χ4n) is 2.73. The van der Waals surface area contributed by atoms with E-state index in [1.54, 1.807) is 6.92 Å². The largest absolute Gasteiger partial charge is 0.384 e. The highest BCUT2D eigenvalue weighted by molar-refractivity contribution is 6.33. The van der Waals surface area contributed by atoms with Crippen LogP contribution in [0.5, 0.6) is 0 Å². The second-order valence-electron chi connectivity index (χ2n) is 5.59. The highest BCUT2D eigenvalue weighted by atomic mass is 19.1. The van der Waals surface area contributed by atoms with E-state index < -0.39 is 29.0 Å². The highest BCUT2D eigenvalue weighted by Crippen LogP contribution is 2.41. The van der Waals surface area contributed by atoms with Crippen molar-refractivity contribution in [2.75, 3.05) is 0 Å². The van der Waals surface area contributed by atoms with Crippen LogP contribution in [-0.2, 0) is 5.60 Å². The van der Waals surface area contributed by atoms with Gasteiger partial charge in [0.1, 0.15) is 24.7 Å². The molecule has 1 aromatic carbocycles. The van der Waals surface area contributed by atoms with Gasteiger partial charge in [0, 0.05) is 23.7 Å². The Balaban J connectivity index is 2.52. The van der Waals surface area contributed by atoms with Crippen LogP contribution in [0.25, 0.3) is 0 Å². The fraction of sp³-hybridized carbons (Fsp3) is 0.353. The van der Waals surface area contributed by atoms with Gasteiger partial charge in [0.25, 0.3) is 0 Å². The van der Waals surface area contributed by atoms with Gasteiger partial charge < -0.3 is 5.11 Å². The standard InChI is InChI=1S/C17H18BF3NO/c1-11(16-14(20)4-3-9-22-16)17(23,7-8-18-2)13-6-5-12(19)10-15(13)21/h3-6,9-11,23H,7-8H2,1-2H3/t11-,17+/m0/s1. The van der Waals surface area contributed by atoms with Gasteiger partial charge in [0.05, 0.1) is 11.3 Å². The first-order valence-corrected chi connectivity index (χ1v) is 7.46. The summed E-state index contributed by atoms with van der Waals surface area (Å²) in [5.41, 5.74) is -1.70. The predicted octanol–water partition coefficient (Wildman–Crippen LogP) is 4.05. The van der Waals surface area contributed by atoms with Crippen molar-refractivity contribution in [2.45, 2.75) is 38.0 Å². The van der Waals surface area contributed by atoms with Crippen molar-refractivity contribution in [1.82, 2.24) is 4.98 Å². The van der Waals surface area contributed by atoms with E-state index in [4.69, 9.17) is 0 Å². The molecule has 1 heterocycles. The second kappa shape index (κ2) is 7.17. The topological polar surface area (TPSA) is 33.1 Å². The Kier molecular flexibility index (Phi) is 5.47. The highest BCUT2D eigenvalue weighted by Gasteiger charge is 2.40. The SMILES string of the molecule is C[B]CC[C@](O)(c1ccc(F)cc1F)[C@@H](C)c1ncccc1F. The minimum Gasteiger partial charge on any atom is -0.384 e. The lowest BCUT2D eigenvalue weighted by Crippen LogP contribution is -2.34. The van der Waals surface area contributed by atoms with Gasteiger partial charge in [0.15, 0.2) is 0 Å². The van der Waals surface area contributed by atoms with E-state index in [9.17, 15) is 18.3 Å². The minimum absolute atomic E-state index is 0.0508. The zero-order valence-electron chi connectivity index (χ0n) is 13.1. The zero-order valence-corrected chi connectivity index (χ0v) is 13.1. The third-order valence-corrected chi connectivity index (χ3v) is 4.13. The molecular weight excluding hydrogens is 302 g/mol. The van der Waals surface area contributed by atoms with Gasteiger partial charge in [-0.15, -0.1) is 0 Å². The molecule has 1 N–H and O–H groups in total. The van der Waals surface area contributed by atoms with Crippen LogP contribution in [0, 0.1) is 17.5 Å². The van der Waals surface area contributed by atoms with Gasteiger partial charge in [-0.3, -0.25) is 4.98 Å². The summed E-state index contributed by atoms with van der Waals surface area (Å²) in [7, 11) is 1.83. The van der Waals surface area contributed by atoms with Gasteiger partial charge in [-0.25, -0.2) is 13.2 Å². The van der Waals surface area contributed by atoms with Crippen molar-refractivity contribution in [3.8, 4) is 0 Å². The van der Waals surface area contributed by atoms with Crippen LogP contribution in [0.3, 0.4) is 0 Å². The number of aromatic nitrogens is 1. The van der Waals surface area contributed by atoms with Crippen LogP contribution in [0.2, 0.25) is 13.1 Å². The summed E-state index contributed by atoms with van der Waals surface area (Å²) in [6.07, 6.45) is 2.08. The molecule has 0 fully saturated rings. The van der Waals surface area contributed by atoms with E-state index in [-0.39, 0.29) is 17.7 Å². The summed E-state index contributed by atoms with van der Waals surface area (Å²) in [6, 6.07) is 5.70. The lowest BCUT2D eigenvalue weighted by molar-refractivity contribution is 0.00285. The van der Waals surface area contributed by atoms with E-state index >= 15 is 0 Å². The van der Waals surface area contributed by atoms with Crippen molar-refractivity contribution in [3.63, 3.8) is 0 Å². The van der Waals surface area contributed by atoms with Gasteiger partial charge in [-0.05, 0) is 24.6 Å². The molecule has 0 saturated heterocycles. The fourth-order valence-corrected chi connectivity index (χ4v) is 2.73. The van der Waals surface area contributed by atoms with Gasteiger partial charge in [-0.1, -0.05) is 26.1 Å². The quantitative estimate of drug-likeness (QED) is 0.815. The van der Waals surface area contributed by atoms with Crippen LogP contribution in [-0.4, -0.2) is 17.4 Å². The lowest BCUT2D eigenvalue weighted by Gasteiger charge is -2.35. The third kappa shape index (κ3) is 3.58. The number of hydrogen-bond donors (Lipinski definition) is 1. The normalized spacial score (nSPS) is 15.0. The van der Waals surface area contributed by atoms with E-state index in [0.717, 1.165) is 12.1 Å². The Bertz CT molecular complexity index is 683. The summed E-state index contributed by atoms with van der Waals surface area (Å²) < 4.78 is 41.4. The molecule has 1 radical (unpaired) electrons. The number of rotatable bonds is 6. The van der Waals surface area contributed by atoms with E-state index in [0.29, 0.717) is 6.32 Å². The Hall–Kier alpha value is -1.82. The number of aliphatic hydroxyl groups is 1. The minimum atomic E-state index is -1.69. The molecule has 2 rings (SSSR count). The average Bonchev–Trinajstić information content (AvgIpc) is 2.52. The van der Waals surface area contributed by atoms with Crippen molar-refractivity contribution in [3.05, 3.63) is 65.2 Å². The van der Waals surface area contributed by atoms with E-state index in [1.807, 2.05) is 14.1 Å². The molecule has 23 heavy (non-hydrogen) atoms. The molecule has 2 nitrogen and oxygen atoms in total. The van der Waals surface area contributed by atoms with E-state index in [1.165, 1.54) is 24.4 Å². The molecule has 0 bridgehead atoms. The molecule has 0 unspecified atom stereocenters. The Morgan fingerprint density at radius 2 is 1.96 bits per heavy atom. The molecule has 2 atom stereocenters. The maximum atomic E-state index is 14.2. The molecule has 0 saturated carbocycles. The number of benzene rings is 1. The number of pyridine rings is 1. The summed E-state index contributed by atoms with van der Waals surface area (Å²) >= 11 is 0. The van der Waals surface area contributed by atoms with Crippen molar-refractivity contribution in [2.24, 2.45) is 0 Å². The summed E-state index contributed by atoms with van der Waals surface area (Å²) in [6.45, 7) is 3.40. The molecule has 1 aromatic heterocycles.